The van der Waals surface area contributed by atoms with E-state index < -0.39 is 17.4 Å². The Kier molecular flexibility index (Phi) is 6.00. The van der Waals surface area contributed by atoms with Gasteiger partial charge in [-0.1, -0.05) is 36.4 Å². The van der Waals surface area contributed by atoms with Gasteiger partial charge in [-0.05, 0) is 32.0 Å². The number of rotatable bonds is 7. The molecule has 25 heavy (non-hydrogen) atoms. The van der Waals surface area contributed by atoms with Crippen molar-refractivity contribution >= 4 is 17.6 Å². The Morgan fingerprint density at radius 3 is 2.36 bits per heavy atom. The normalized spacial score (nSPS) is 10.8. The maximum Gasteiger partial charge on any atom is 0.319 e. The van der Waals surface area contributed by atoms with Crippen LogP contribution in [-0.4, -0.2) is 18.5 Å². The molecule has 132 valence electrons. The van der Waals surface area contributed by atoms with Crippen LogP contribution in [0.4, 0.5) is 10.5 Å². The number of para-hydroxylation sites is 2. The molecule has 0 bridgehead atoms. The summed E-state index contributed by atoms with van der Waals surface area (Å²) in [7, 11) is 0. The minimum Gasteiger partial charge on any atom is -0.489 e. The summed E-state index contributed by atoms with van der Waals surface area (Å²) in [5, 5.41) is 5.44. The predicted molar refractivity (Wildman–Crippen MR) is 97.2 cm³/mol. The molecule has 2 aromatic carbocycles. The Balaban J connectivity index is 1.95. The minimum atomic E-state index is -0.812. The van der Waals surface area contributed by atoms with Gasteiger partial charge in [-0.2, -0.15) is 0 Å². The molecular formula is C19H23N3O3. The monoisotopic (exact) mass is 341 g/mol. The van der Waals surface area contributed by atoms with Crippen molar-refractivity contribution in [3.05, 3.63) is 60.2 Å². The van der Waals surface area contributed by atoms with Crippen LogP contribution >= 0.6 is 0 Å². The molecule has 6 nitrogen and oxygen atoms in total. The fraction of sp³-hybridized carbons (Fsp3) is 0.263. The number of amides is 3. The maximum absolute atomic E-state index is 12.1. The molecule has 2 rings (SSSR count). The molecule has 0 aliphatic rings. The molecule has 0 fully saturated rings. The second-order valence-corrected chi connectivity index (χ2v) is 6.31. The van der Waals surface area contributed by atoms with Crippen molar-refractivity contribution in [2.24, 2.45) is 11.1 Å². The third-order valence-corrected chi connectivity index (χ3v) is 3.76. The third kappa shape index (κ3) is 5.53. The van der Waals surface area contributed by atoms with Crippen molar-refractivity contribution in [3.63, 3.8) is 0 Å². The first-order chi connectivity index (χ1) is 11.9. The zero-order chi connectivity index (χ0) is 18.3. The number of anilines is 1. The van der Waals surface area contributed by atoms with Crippen LogP contribution in [0.5, 0.6) is 5.75 Å². The highest BCUT2D eigenvalue weighted by molar-refractivity contribution is 5.90. The van der Waals surface area contributed by atoms with E-state index in [1.807, 2.05) is 48.5 Å². The first kappa shape index (κ1) is 18.3. The molecule has 0 saturated heterocycles. The summed E-state index contributed by atoms with van der Waals surface area (Å²) in [4.78, 5) is 23.4. The molecule has 0 atom stereocenters. The summed E-state index contributed by atoms with van der Waals surface area (Å²) in [6, 6.07) is 16.4. The van der Waals surface area contributed by atoms with E-state index in [2.05, 4.69) is 10.6 Å². The smallest absolute Gasteiger partial charge is 0.319 e. The lowest BCUT2D eigenvalue weighted by Crippen LogP contribution is -2.43. The maximum atomic E-state index is 12.1. The second-order valence-electron chi connectivity index (χ2n) is 6.31. The fourth-order valence-electron chi connectivity index (χ4n) is 2.00. The molecule has 0 aliphatic heterocycles. The Hall–Kier alpha value is -3.02. The van der Waals surface area contributed by atoms with Crippen molar-refractivity contribution in [1.29, 1.82) is 0 Å². The van der Waals surface area contributed by atoms with Crippen LogP contribution in [0.2, 0.25) is 0 Å². The van der Waals surface area contributed by atoms with E-state index in [9.17, 15) is 9.59 Å². The first-order valence-corrected chi connectivity index (χ1v) is 7.99. The predicted octanol–water partition coefficient (Wildman–Crippen LogP) is 2.90. The van der Waals surface area contributed by atoms with Crippen molar-refractivity contribution in [3.8, 4) is 5.75 Å². The highest BCUT2D eigenvalue weighted by atomic mass is 16.5. The van der Waals surface area contributed by atoms with E-state index in [0.29, 0.717) is 12.3 Å². The van der Waals surface area contributed by atoms with Gasteiger partial charge < -0.3 is 21.1 Å². The standard InChI is InChI=1S/C19H23N3O3/c1-19(2,17(20)23)13-21-18(24)22-16-11-7-6-8-14(16)12-25-15-9-4-3-5-10-15/h3-11H,12-13H2,1-2H3,(H2,20,23)(H2,21,22,24). The van der Waals surface area contributed by atoms with Crippen LogP contribution in [0.3, 0.4) is 0 Å². The van der Waals surface area contributed by atoms with E-state index in [-0.39, 0.29) is 6.54 Å². The fourth-order valence-corrected chi connectivity index (χ4v) is 2.00. The summed E-state index contributed by atoms with van der Waals surface area (Å²) in [6.45, 7) is 3.83. The SMILES string of the molecule is CC(C)(CNC(=O)Nc1ccccc1COc1ccccc1)C(N)=O. The van der Waals surface area contributed by atoms with Gasteiger partial charge >= 0.3 is 6.03 Å². The van der Waals surface area contributed by atoms with Crippen LogP contribution in [0.25, 0.3) is 0 Å². The van der Waals surface area contributed by atoms with Crippen LogP contribution < -0.4 is 21.1 Å². The second kappa shape index (κ2) is 8.19. The summed E-state index contributed by atoms with van der Waals surface area (Å²) >= 11 is 0. The van der Waals surface area contributed by atoms with E-state index >= 15 is 0 Å². The van der Waals surface area contributed by atoms with Gasteiger partial charge in [0.05, 0.1) is 5.41 Å². The highest BCUT2D eigenvalue weighted by Gasteiger charge is 2.25. The topological polar surface area (TPSA) is 93.4 Å². The molecule has 0 radical (unpaired) electrons. The minimum absolute atomic E-state index is 0.150. The van der Waals surface area contributed by atoms with Crippen molar-refractivity contribution in [2.75, 3.05) is 11.9 Å². The number of ether oxygens (including phenoxy) is 1. The summed E-state index contributed by atoms with van der Waals surface area (Å²) in [5.74, 6) is 0.287. The molecule has 6 heteroatoms. The number of hydrogen-bond acceptors (Lipinski definition) is 3. The molecule has 0 spiro atoms. The molecule has 3 amide bonds. The van der Waals surface area contributed by atoms with Gasteiger partial charge in [0, 0.05) is 17.8 Å². The number of hydrogen-bond donors (Lipinski definition) is 3. The van der Waals surface area contributed by atoms with Crippen molar-refractivity contribution < 1.29 is 14.3 Å². The summed E-state index contributed by atoms with van der Waals surface area (Å²) in [6.07, 6.45) is 0. The molecule has 2 aromatic rings. The van der Waals surface area contributed by atoms with Crippen LogP contribution in [0, 0.1) is 5.41 Å². The number of urea groups is 1. The largest absolute Gasteiger partial charge is 0.489 e. The van der Waals surface area contributed by atoms with Gasteiger partial charge in [0.1, 0.15) is 12.4 Å². The molecule has 0 unspecified atom stereocenters. The van der Waals surface area contributed by atoms with Gasteiger partial charge in [-0.3, -0.25) is 4.79 Å². The zero-order valence-electron chi connectivity index (χ0n) is 14.4. The third-order valence-electron chi connectivity index (χ3n) is 3.76. The van der Waals surface area contributed by atoms with Gasteiger partial charge in [0.25, 0.3) is 0 Å². The van der Waals surface area contributed by atoms with Crippen LogP contribution in [0.15, 0.2) is 54.6 Å². The van der Waals surface area contributed by atoms with Crippen molar-refractivity contribution in [2.45, 2.75) is 20.5 Å². The molecule has 0 aromatic heterocycles. The zero-order valence-corrected chi connectivity index (χ0v) is 14.4. The molecule has 0 saturated carbocycles. The highest BCUT2D eigenvalue weighted by Crippen LogP contribution is 2.18. The van der Waals surface area contributed by atoms with Gasteiger partial charge in [-0.25, -0.2) is 4.79 Å². The number of carbonyl (C=O) groups excluding carboxylic acids is 2. The van der Waals surface area contributed by atoms with Gasteiger partial charge in [-0.15, -0.1) is 0 Å². The summed E-state index contributed by atoms with van der Waals surface area (Å²) in [5.41, 5.74) is 5.98. The number of nitrogens with one attached hydrogen (secondary N) is 2. The molecular weight excluding hydrogens is 318 g/mol. The number of benzene rings is 2. The van der Waals surface area contributed by atoms with E-state index in [1.54, 1.807) is 19.9 Å². The van der Waals surface area contributed by atoms with E-state index in [4.69, 9.17) is 10.5 Å². The van der Waals surface area contributed by atoms with E-state index in [0.717, 1.165) is 11.3 Å². The van der Waals surface area contributed by atoms with Crippen LogP contribution in [0.1, 0.15) is 19.4 Å². The number of carbonyl (C=O) groups is 2. The van der Waals surface area contributed by atoms with Crippen molar-refractivity contribution in [1.82, 2.24) is 5.32 Å². The lowest BCUT2D eigenvalue weighted by Gasteiger charge is -2.21. The Morgan fingerprint density at radius 1 is 1.04 bits per heavy atom. The lowest BCUT2D eigenvalue weighted by atomic mass is 9.93. The number of primary amides is 1. The Morgan fingerprint density at radius 2 is 1.68 bits per heavy atom. The average Bonchev–Trinajstić information content (AvgIpc) is 2.60. The molecule has 0 aliphatic carbocycles. The Bertz CT molecular complexity index is 730. The van der Waals surface area contributed by atoms with Gasteiger partial charge in [0.15, 0.2) is 0 Å². The first-order valence-electron chi connectivity index (χ1n) is 7.99. The van der Waals surface area contributed by atoms with Gasteiger partial charge in [0.2, 0.25) is 5.91 Å². The quantitative estimate of drug-likeness (QED) is 0.723. The molecule has 4 N–H and O–H groups in total. The lowest BCUT2D eigenvalue weighted by molar-refractivity contribution is -0.125. The average molecular weight is 341 g/mol. The Labute approximate surface area is 147 Å². The van der Waals surface area contributed by atoms with E-state index in [1.165, 1.54) is 0 Å². The summed E-state index contributed by atoms with van der Waals surface area (Å²) < 4.78 is 5.73. The van der Waals surface area contributed by atoms with Crippen LogP contribution in [-0.2, 0) is 11.4 Å². The number of nitrogens with two attached hydrogens (primary N) is 1. The molecule has 0 heterocycles.